The molecule has 0 saturated heterocycles. The highest BCUT2D eigenvalue weighted by atomic mass is 79.9. The van der Waals surface area contributed by atoms with Crippen molar-refractivity contribution in [2.45, 2.75) is 12.1 Å². The fourth-order valence-electron chi connectivity index (χ4n) is 2.47. The topological polar surface area (TPSA) is 48.3 Å². The largest absolute Gasteiger partial charge is 0.486 e. The fraction of sp³-hybridized carbons (Fsp3) is 0.357. The van der Waals surface area contributed by atoms with E-state index in [0.29, 0.717) is 6.61 Å². The second-order valence-electron chi connectivity index (χ2n) is 4.68. The van der Waals surface area contributed by atoms with Gasteiger partial charge in [0.1, 0.15) is 6.61 Å². The summed E-state index contributed by atoms with van der Waals surface area (Å²) >= 11 is 3.54. The van der Waals surface area contributed by atoms with Crippen molar-refractivity contribution in [3.05, 3.63) is 40.6 Å². The molecule has 1 aromatic heterocycles. The number of aryl methyl sites for hydroxylation is 1. The summed E-state index contributed by atoms with van der Waals surface area (Å²) in [6, 6.07) is 7.71. The van der Waals surface area contributed by atoms with Crippen molar-refractivity contribution in [1.29, 1.82) is 0 Å². The highest BCUT2D eigenvalue weighted by Gasteiger charge is 2.32. The molecule has 0 fully saturated rings. The number of rotatable bonds is 3. The van der Waals surface area contributed by atoms with Crippen molar-refractivity contribution in [2.24, 2.45) is 7.05 Å². The lowest BCUT2D eigenvalue weighted by Gasteiger charge is -2.32. The van der Waals surface area contributed by atoms with Crippen LogP contribution in [0.15, 0.2) is 34.9 Å². The van der Waals surface area contributed by atoms with Crippen molar-refractivity contribution >= 4 is 15.9 Å². The molecule has 2 atom stereocenters. The van der Waals surface area contributed by atoms with Gasteiger partial charge in [-0.2, -0.15) is 5.10 Å². The van der Waals surface area contributed by atoms with Crippen LogP contribution in [0.25, 0.3) is 0 Å². The van der Waals surface area contributed by atoms with Crippen LogP contribution in [0, 0.1) is 0 Å². The fourth-order valence-corrected chi connectivity index (χ4v) is 3.06. The molecular weight excluding hydrogens is 322 g/mol. The molecule has 106 valence electrons. The van der Waals surface area contributed by atoms with E-state index < -0.39 is 0 Å². The van der Waals surface area contributed by atoms with Crippen LogP contribution in [0.2, 0.25) is 0 Å². The summed E-state index contributed by atoms with van der Waals surface area (Å²) in [6.45, 7) is 0.500. The first kappa shape index (κ1) is 13.5. The minimum atomic E-state index is -0.110. The molecular formula is C14H16BrN3O2. The van der Waals surface area contributed by atoms with E-state index in [4.69, 9.17) is 9.47 Å². The molecule has 2 unspecified atom stereocenters. The molecule has 2 heterocycles. The third-order valence-electron chi connectivity index (χ3n) is 3.45. The molecule has 0 radical (unpaired) electrons. The Morgan fingerprint density at radius 2 is 2.15 bits per heavy atom. The van der Waals surface area contributed by atoms with Gasteiger partial charge in [-0.15, -0.1) is 0 Å². The molecule has 0 saturated carbocycles. The lowest BCUT2D eigenvalue weighted by atomic mass is 10.1. The van der Waals surface area contributed by atoms with Gasteiger partial charge in [-0.3, -0.25) is 4.68 Å². The van der Waals surface area contributed by atoms with Crippen LogP contribution < -0.4 is 14.8 Å². The minimum Gasteiger partial charge on any atom is -0.486 e. The maximum Gasteiger partial charge on any atom is 0.161 e. The number of nitrogens with zero attached hydrogens (tertiary/aromatic N) is 2. The number of ether oxygens (including phenoxy) is 2. The molecule has 1 aliphatic heterocycles. The van der Waals surface area contributed by atoms with Gasteiger partial charge in [0.2, 0.25) is 0 Å². The van der Waals surface area contributed by atoms with Gasteiger partial charge in [0.15, 0.2) is 17.6 Å². The number of hydrogen-bond acceptors (Lipinski definition) is 4. The number of nitrogens with one attached hydrogen (secondary N) is 1. The Balaban J connectivity index is 1.89. The average molecular weight is 338 g/mol. The van der Waals surface area contributed by atoms with Crippen LogP contribution in [0.4, 0.5) is 0 Å². The van der Waals surface area contributed by atoms with Crippen LogP contribution in [-0.4, -0.2) is 29.5 Å². The van der Waals surface area contributed by atoms with Crippen molar-refractivity contribution in [3.63, 3.8) is 0 Å². The lowest BCUT2D eigenvalue weighted by Crippen LogP contribution is -2.41. The van der Waals surface area contributed by atoms with E-state index in [0.717, 1.165) is 21.7 Å². The van der Waals surface area contributed by atoms with Gasteiger partial charge < -0.3 is 14.8 Å². The highest BCUT2D eigenvalue weighted by molar-refractivity contribution is 9.10. The zero-order chi connectivity index (χ0) is 14.1. The zero-order valence-corrected chi connectivity index (χ0v) is 12.9. The standard InChI is InChI=1S/C14H16BrN3O2/c1-16-13(14-9(15)7-17-18(14)2)12-8-19-10-5-3-4-6-11(10)20-12/h3-7,12-13,16H,8H2,1-2H3. The summed E-state index contributed by atoms with van der Waals surface area (Å²) in [6.07, 6.45) is 1.68. The Morgan fingerprint density at radius 3 is 2.80 bits per heavy atom. The van der Waals surface area contributed by atoms with Crippen molar-refractivity contribution in [3.8, 4) is 11.5 Å². The van der Waals surface area contributed by atoms with Crippen molar-refractivity contribution in [2.75, 3.05) is 13.7 Å². The minimum absolute atomic E-state index is 0.00905. The first-order valence-corrected chi connectivity index (χ1v) is 7.23. The number of aromatic nitrogens is 2. The third kappa shape index (κ3) is 2.29. The molecule has 1 aromatic carbocycles. The van der Waals surface area contributed by atoms with Crippen LogP contribution in [0.1, 0.15) is 11.7 Å². The van der Waals surface area contributed by atoms with Gasteiger partial charge in [0.25, 0.3) is 0 Å². The van der Waals surface area contributed by atoms with Crippen LogP contribution in [-0.2, 0) is 7.05 Å². The molecule has 20 heavy (non-hydrogen) atoms. The molecule has 5 nitrogen and oxygen atoms in total. The Kier molecular flexibility index (Phi) is 3.67. The molecule has 0 aliphatic carbocycles. The monoisotopic (exact) mass is 337 g/mol. The SMILES string of the molecule is CNC(c1c(Br)cnn1C)C1COc2ccccc2O1. The Morgan fingerprint density at radius 1 is 1.40 bits per heavy atom. The van der Waals surface area contributed by atoms with Gasteiger partial charge >= 0.3 is 0 Å². The van der Waals surface area contributed by atoms with Crippen LogP contribution in [0.3, 0.4) is 0 Å². The van der Waals surface area contributed by atoms with E-state index in [1.807, 2.05) is 43.0 Å². The predicted molar refractivity (Wildman–Crippen MR) is 79.1 cm³/mol. The summed E-state index contributed by atoms with van der Waals surface area (Å²) in [5.41, 5.74) is 1.04. The second-order valence-corrected chi connectivity index (χ2v) is 5.54. The number of halogens is 1. The Hall–Kier alpha value is -1.53. The molecule has 1 N–H and O–H groups in total. The highest BCUT2D eigenvalue weighted by Crippen LogP contribution is 2.35. The number of likely N-dealkylation sites (N-methyl/N-ethyl adjacent to an activating group) is 1. The van der Waals surface area contributed by atoms with E-state index in [2.05, 4.69) is 26.3 Å². The van der Waals surface area contributed by atoms with Crippen molar-refractivity contribution < 1.29 is 9.47 Å². The quantitative estimate of drug-likeness (QED) is 0.933. The Bertz CT molecular complexity index is 595. The molecule has 6 heteroatoms. The Labute approximate surface area is 126 Å². The normalized spacial score (nSPS) is 18.9. The maximum absolute atomic E-state index is 6.07. The van der Waals surface area contributed by atoms with Gasteiger partial charge in [0.05, 0.1) is 22.4 Å². The molecule has 1 aliphatic rings. The predicted octanol–water partition coefficient (Wildman–Crippen LogP) is 2.28. The first-order valence-electron chi connectivity index (χ1n) is 6.44. The number of para-hydroxylation sites is 2. The van der Waals surface area contributed by atoms with E-state index >= 15 is 0 Å². The van der Waals surface area contributed by atoms with Gasteiger partial charge in [-0.05, 0) is 35.1 Å². The smallest absolute Gasteiger partial charge is 0.161 e. The molecule has 2 aromatic rings. The van der Waals surface area contributed by atoms with Crippen LogP contribution in [0.5, 0.6) is 11.5 Å². The summed E-state index contributed by atoms with van der Waals surface area (Å²) in [7, 11) is 3.83. The summed E-state index contributed by atoms with van der Waals surface area (Å²) in [4.78, 5) is 0. The first-order chi connectivity index (χ1) is 9.70. The van der Waals surface area contributed by atoms with E-state index in [9.17, 15) is 0 Å². The molecule has 0 bridgehead atoms. The number of hydrogen-bond donors (Lipinski definition) is 1. The van der Waals surface area contributed by atoms with Crippen LogP contribution >= 0.6 is 15.9 Å². The van der Waals surface area contributed by atoms with E-state index in [-0.39, 0.29) is 12.1 Å². The summed E-state index contributed by atoms with van der Waals surface area (Å²) < 4.78 is 14.7. The van der Waals surface area contributed by atoms with Gasteiger partial charge in [0, 0.05) is 7.05 Å². The molecule has 0 amide bonds. The zero-order valence-electron chi connectivity index (χ0n) is 11.3. The van der Waals surface area contributed by atoms with E-state index in [1.54, 1.807) is 6.20 Å². The summed E-state index contributed by atoms with van der Waals surface area (Å²) in [5, 5.41) is 7.55. The van der Waals surface area contributed by atoms with E-state index in [1.165, 1.54) is 0 Å². The number of fused-ring (bicyclic) bond motifs is 1. The lowest BCUT2D eigenvalue weighted by molar-refractivity contribution is 0.0615. The van der Waals surface area contributed by atoms with Gasteiger partial charge in [-0.1, -0.05) is 12.1 Å². The van der Waals surface area contributed by atoms with Gasteiger partial charge in [-0.25, -0.2) is 0 Å². The summed E-state index contributed by atoms with van der Waals surface area (Å²) in [5.74, 6) is 1.57. The molecule has 3 rings (SSSR count). The average Bonchev–Trinajstić information content (AvgIpc) is 2.80. The second kappa shape index (κ2) is 5.46. The molecule has 0 spiro atoms. The maximum atomic E-state index is 6.07. The van der Waals surface area contributed by atoms with Crippen molar-refractivity contribution in [1.82, 2.24) is 15.1 Å². The third-order valence-corrected chi connectivity index (χ3v) is 4.06. The number of benzene rings is 1.